The van der Waals surface area contributed by atoms with Crippen molar-refractivity contribution in [2.75, 3.05) is 0 Å². The molecule has 254 valence electrons. The van der Waals surface area contributed by atoms with E-state index in [4.69, 9.17) is 8.75 Å². The van der Waals surface area contributed by atoms with E-state index in [9.17, 15) is 0 Å². The molecule has 0 aliphatic rings. The molecule has 0 radical (unpaired) electrons. The van der Waals surface area contributed by atoms with E-state index in [1.807, 2.05) is 11.3 Å². The molecular formula is C43H49N3S3. The van der Waals surface area contributed by atoms with Gasteiger partial charge in [-0.3, -0.25) is 0 Å². The zero-order valence-corrected chi connectivity index (χ0v) is 31.6. The summed E-state index contributed by atoms with van der Waals surface area (Å²) < 4.78 is 12.2. The highest BCUT2D eigenvalue weighted by Crippen LogP contribution is 2.43. The van der Waals surface area contributed by atoms with Gasteiger partial charge in [0.25, 0.3) is 0 Å². The van der Waals surface area contributed by atoms with Crippen LogP contribution in [0, 0.1) is 0 Å². The van der Waals surface area contributed by atoms with Gasteiger partial charge < -0.3 is 4.57 Å². The molecule has 6 heteroatoms. The van der Waals surface area contributed by atoms with Crippen LogP contribution in [0.15, 0.2) is 84.2 Å². The van der Waals surface area contributed by atoms with Gasteiger partial charge in [-0.15, -0.1) is 22.7 Å². The van der Waals surface area contributed by atoms with Crippen LogP contribution >= 0.6 is 34.4 Å². The van der Waals surface area contributed by atoms with Gasteiger partial charge in [-0.25, -0.2) is 0 Å². The van der Waals surface area contributed by atoms with Crippen LogP contribution in [0.4, 0.5) is 0 Å². The summed E-state index contributed by atoms with van der Waals surface area (Å²) in [5.41, 5.74) is 8.43. The third-order valence-corrected chi connectivity index (χ3v) is 12.8. The van der Waals surface area contributed by atoms with Crippen molar-refractivity contribution in [1.29, 1.82) is 0 Å². The van der Waals surface area contributed by atoms with E-state index >= 15 is 0 Å². The van der Waals surface area contributed by atoms with Gasteiger partial charge in [-0.05, 0) is 60.2 Å². The highest BCUT2D eigenvalue weighted by Gasteiger charge is 2.20. The molecule has 0 unspecified atom stereocenters. The molecule has 7 aromatic rings. The number of rotatable bonds is 18. The fourth-order valence-electron chi connectivity index (χ4n) is 7.61. The topological polar surface area (TPSA) is 30.7 Å². The largest absolute Gasteiger partial charge is 0.337 e. The predicted octanol–water partition coefficient (Wildman–Crippen LogP) is 15.0. The highest BCUT2D eigenvalue weighted by atomic mass is 32.1. The van der Waals surface area contributed by atoms with Gasteiger partial charge in [-0.2, -0.15) is 8.75 Å². The minimum atomic E-state index is 0.546. The molecule has 0 amide bonds. The summed E-state index contributed by atoms with van der Waals surface area (Å²) in [5, 5.41) is 4.89. The maximum atomic E-state index is 4.76. The van der Waals surface area contributed by atoms with Gasteiger partial charge in [0.1, 0.15) is 11.0 Å². The molecule has 3 aromatic carbocycles. The van der Waals surface area contributed by atoms with Gasteiger partial charge in [0.05, 0.1) is 11.7 Å². The molecule has 0 spiro atoms. The molecule has 0 saturated heterocycles. The zero-order chi connectivity index (χ0) is 33.4. The second-order valence-electron chi connectivity index (χ2n) is 13.6. The Balaban J connectivity index is 1.19. The average molecular weight is 704 g/mol. The van der Waals surface area contributed by atoms with Crippen molar-refractivity contribution in [3.8, 4) is 31.3 Å². The summed E-state index contributed by atoms with van der Waals surface area (Å²) in [6, 6.07) is 30.2. The number of hydrogen-bond donors (Lipinski definition) is 0. The molecule has 0 N–H and O–H groups in total. The molecule has 0 atom stereocenters. The maximum Gasteiger partial charge on any atom is 0.114 e. The average Bonchev–Trinajstić information content (AvgIpc) is 3.96. The molecule has 0 aliphatic carbocycles. The third-order valence-electron chi connectivity index (χ3n) is 10.2. The first-order chi connectivity index (χ1) is 24.3. The molecule has 4 heterocycles. The van der Waals surface area contributed by atoms with E-state index in [1.54, 1.807) is 11.3 Å². The highest BCUT2D eigenvalue weighted by molar-refractivity contribution is 7.19. The molecule has 49 heavy (non-hydrogen) atoms. The van der Waals surface area contributed by atoms with Crippen molar-refractivity contribution in [1.82, 2.24) is 13.3 Å². The Morgan fingerprint density at radius 3 is 1.90 bits per heavy atom. The standard InChI is InChI=1S/C43H49N3S3/c1-3-5-7-9-11-13-18-32(19-14-12-10-8-6-4-2)46-37-21-16-15-20-33(37)36-30-31(23-26-38(36)46)39-27-28-41(48-39)35-25-24-34(40-22-17-29-47-40)42-43(35)45-49-44-42/h15-17,20-30,32H,3-14,18-19H2,1-2H3. The predicted molar refractivity (Wildman–Crippen MR) is 218 cm³/mol. The lowest BCUT2D eigenvalue weighted by atomic mass is 9.99. The second kappa shape index (κ2) is 16.6. The van der Waals surface area contributed by atoms with Crippen LogP contribution in [0.5, 0.6) is 0 Å². The third kappa shape index (κ3) is 7.57. The summed E-state index contributed by atoms with van der Waals surface area (Å²) in [6.45, 7) is 4.62. The number of aromatic nitrogens is 3. The Labute approximate surface area is 304 Å². The lowest BCUT2D eigenvalue weighted by Crippen LogP contribution is -2.09. The molecule has 0 saturated carbocycles. The van der Waals surface area contributed by atoms with Gasteiger partial charge in [-0.1, -0.05) is 133 Å². The van der Waals surface area contributed by atoms with Crippen LogP contribution in [0.1, 0.15) is 110 Å². The number of hydrogen-bond acceptors (Lipinski definition) is 5. The van der Waals surface area contributed by atoms with Crippen LogP contribution in [0.3, 0.4) is 0 Å². The summed E-state index contributed by atoms with van der Waals surface area (Å²) >= 11 is 4.92. The summed E-state index contributed by atoms with van der Waals surface area (Å²) in [7, 11) is 0. The van der Waals surface area contributed by atoms with Gasteiger partial charge >= 0.3 is 0 Å². The van der Waals surface area contributed by atoms with Crippen LogP contribution in [0.25, 0.3) is 64.2 Å². The second-order valence-corrected chi connectivity index (χ2v) is 16.2. The Kier molecular flexibility index (Phi) is 11.6. The molecule has 0 fully saturated rings. The van der Waals surface area contributed by atoms with Gasteiger partial charge in [0, 0.05) is 53.6 Å². The Morgan fingerprint density at radius 1 is 0.571 bits per heavy atom. The minimum Gasteiger partial charge on any atom is -0.337 e. The lowest BCUT2D eigenvalue weighted by molar-refractivity contribution is 0.410. The van der Waals surface area contributed by atoms with E-state index in [2.05, 4.69) is 103 Å². The Bertz CT molecular complexity index is 2060. The van der Waals surface area contributed by atoms with Gasteiger partial charge in [0.2, 0.25) is 0 Å². The van der Waals surface area contributed by atoms with Crippen LogP contribution in [0.2, 0.25) is 0 Å². The van der Waals surface area contributed by atoms with Crippen LogP contribution in [-0.2, 0) is 0 Å². The smallest absolute Gasteiger partial charge is 0.114 e. The van der Waals surface area contributed by atoms with Crippen molar-refractivity contribution < 1.29 is 0 Å². The van der Waals surface area contributed by atoms with E-state index in [0.717, 1.165) is 11.0 Å². The van der Waals surface area contributed by atoms with Crippen molar-refractivity contribution in [3.05, 3.63) is 84.2 Å². The number of fused-ring (bicyclic) bond motifs is 4. The molecular weight excluding hydrogens is 655 g/mol. The van der Waals surface area contributed by atoms with Crippen molar-refractivity contribution in [2.45, 2.75) is 110 Å². The number of unbranched alkanes of at least 4 members (excludes halogenated alkanes) is 10. The molecule has 3 nitrogen and oxygen atoms in total. The zero-order valence-electron chi connectivity index (χ0n) is 29.1. The summed E-state index contributed by atoms with van der Waals surface area (Å²) in [4.78, 5) is 3.78. The summed E-state index contributed by atoms with van der Waals surface area (Å²) in [6.07, 6.45) is 18.8. The van der Waals surface area contributed by atoms with E-state index in [1.165, 1.54) is 155 Å². The van der Waals surface area contributed by atoms with Crippen LogP contribution in [-0.4, -0.2) is 13.3 Å². The molecule has 4 aromatic heterocycles. The molecule has 0 bridgehead atoms. The maximum absolute atomic E-state index is 4.76. The monoisotopic (exact) mass is 703 g/mol. The number of para-hydroxylation sites is 1. The van der Waals surface area contributed by atoms with Crippen molar-refractivity contribution in [2.24, 2.45) is 0 Å². The molecule has 0 aliphatic heterocycles. The fourth-order valence-corrected chi connectivity index (χ4v) is 9.96. The number of thiophene rings is 2. The van der Waals surface area contributed by atoms with Crippen LogP contribution < -0.4 is 0 Å². The molecule has 7 rings (SSSR count). The first kappa shape index (κ1) is 34.1. The van der Waals surface area contributed by atoms with Crippen molar-refractivity contribution in [3.63, 3.8) is 0 Å². The fraction of sp³-hybridized carbons (Fsp3) is 0.395. The normalized spacial score (nSPS) is 12.0. The van der Waals surface area contributed by atoms with Gasteiger partial charge in [0.15, 0.2) is 0 Å². The first-order valence-electron chi connectivity index (χ1n) is 18.7. The quantitative estimate of drug-likeness (QED) is 0.0833. The van der Waals surface area contributed by atoms with Crippen molar-refractivity contribution >= 4 is 67.2 Å². The van der Waals surface area contributed by atoms with E-state index in [0.29, 0.717) is 6.04 Å². The van der Waals surface area contributed by atoms with E-state index < -0.39 is 0 Å². The number of nitrogens with zero attached hydrogens (tertiary/aromatic N) is 3. The first-order valence-corrected chi connectivity index (χ1v) is 21.1. The Hall–Kier alpha value is -3.32. The SMILES string of the molecule is CCCCCCCCC(CCCCCCCC)n1c2ccccc2c2cc(-c3ccc(-c4ccc(-c5cccs5)c5nsnc45)s3)ccc21. The Morgan fingerprint density at radius 2 is 1.20 bits per heavy atom. The number of benzene rings is 3. The minimum absolute atomic E-state index is 0.546. The van der Waals surface area contributed by atoms with E-state index in [-0.39, 0.29) is 0 Å². The summed E-state index contributed by atoms with van der Waals surface area (Å²) in [5.74, 6) is 0. The lowest BCUT2D eigenvalue weighted by Gasteiger charge is -2.22.